The van der Waals surface area contributed by atoms with E-state index in [0.717, 1.165) is 10.6 Å². The first-order valence-corrected chi connectivity index (χ1v) is 6.18. The molecular formula is C14H17ClN2O. The molecule has 18 heavy (non-hydrogen) atoms. The summed E-state index contributed by atoms with van der Waals surface area (Å²) in [5.74, 6) is 2.35. The summed E-state index contributed by atoms with van der Waals surface area (Å²) < 4.78 is 0. The quantitative estimate of drug-likeness (QED) is 0.605. The first-order valence-electron chi connectivity index (χ1n) is 5.80. The lowest BCUT2D eigenvalue weighted by molar-refractivity contribution is -0.120. The number of amides is 1. The molecule has 0 saturated carbocycles. The third-order valence-corrected chi connectivity index (χ3v) is 2.77. The van der Waals surface area contributed by atoms with Crippen molar-refractivity contribution in [2.24, 2.45) is 0 Å². The second-order valence-electron chi connectivity index (χ2n) is 4.07. The Balaban J connectivity index is 2.38. The number of rotatable bonds is 6. The van der Waals surface area contributed by atoms with E-state index in [9.17, 15) is 4.79 Å². The largest absolute Gasteiger partial charge is 0.352 e. The fourth-order valence-electron chi connectivity index (χ4n) is 1.62. The molecule has 4 heteroatoms. The topological polar surface area (TPSA) is 41.1 Å². The van der Waals surface area contributed by atoms with Gasteiger partial charge >= 0.3 is 0 Å². The van der Waals surface area contributed by atoms with Crippen molar-refractivity contribution in [2.45, 2.75) is 19.4 Å². The molecule has 0 heterocycles. The van der Waals surface area contributed by atoms with Gasteiger partial charge in [-0.1, -0.05) is 35.7 Å². The molecule has 0 fully saturated rings. The van der Waals surface area contributed by atoms with Crippen LogP contribution in [0.4, 0.5) is 0 Å². The van der Waals surface area contributed by atoms with Crippen molar-refractivity contribution in [3.8, 4) is 12.3 Å². The van der Waals surface area contributed by atoms with E-state index in [-0.39, 0.29) is 18.5 Å². The average Bonchev–Trinajstić information content (AvgIpc) is 2.32. The SMILES string of the molecule is C#CCNCC(=O)NC(C)Cc1ccccc1Cl. The lowest BCUT2D eigenvalue weighted by Gasteiger charge is -2.14. The van der Waals surface area contributed by atoms with Gasteiger partial charge in [-0.3, -0.25) is 10.1 Å². The summed E-state index contributed by atoms with van der Waals surface area (Å²) in [7, 11) is 0. The Morgan fingerprint density at radius 2 is 2.22 bits per heavy atom. The Bertz CT molecular complexity index is 440. The van der Waals surface area contributed by atoms with Crippen molar-refractivity contribution in [3.63, 3.8) is 0 Å². The van der Waals surface area contributed by atoms with E-state index >= 15 is 0 Å². The van der Waals surface area contributed by atoms with Gasteiger partial charge in [0.1, 0.15) is 0 Å². The highest BCUT2D eigenvalue weighted by atomic mass is 35.5. The van der Waals surface area contributed by atoms with Crippen molar-refractivity contribution in [1.29, 1.82) is 0 Å². The van der Waals surface area contributed by atoms with Crippen LogP contribution in [-0.4, -0.2) is 25.0 Å². The summed E-state index contributed by atoms with van der Waals surface area (Å²) in [4.78, 5) is 11.5. The molecule has 0 aliphatic carbocycles. The molecule has 2 N–H and O–H groups in total. The summed E-state index contributed by atoms with van der Waals surface area (Å²) in [6.07, 6.45) is 5.78. The van der Waals surface area contributed by atoms with E-state index in [1.54, 1.807) is 0 Å². The third-order valence-electron chi connectivity index (χ3n) is 2.40. The molecule has 1 atom stereocenters. The minimum atomic E-state index is -0.0650. The third kappa shape index (κ3) is 5.22. The molecule has 0 aliphatic heterocycles. The second kappa shape index (κ2) is 7.75. The lowest BCUT2D eigenvalue weighted by atomic mass is 10.1. The summed E-state index contributed by atoms with van der Waals surface area (Å²) in [5, 5.41) is 6.45. The number of hydrogen-bond acceptors (Lipinski definition) is 2. The van der Waals surface area contributed by atoms with Gasteiger partial charge in [-0.05, 0) is 25.0 Å². The van der Waals surface area contributed by atoms with Crippen LogP contribution in [0.15, 0.2) is 24.3 Å². The average molecular weight is 265 g/mol. The molecule has 1 aromatic carbocycles. The van der Waals surface area contributed by atoms with Gasteiger partial charge in [0, 0.05) is 11.1 Å². The van der Waals surface area contributed by atoms with E-state index < -0.39 is 0 Å². The predicted octanol–water partition coefficient (Wildman–Crippen LogP) is 1.61. The van der Waals surface area contributed by atoms with E-state index in [2.05, 4.69) is 16.6 Å². The number of halogens is 1. The van der Waals surface area contributed by atoms with Crippen LogP contribution in [0.1, 0.15) is 12.5 Å². The fourth-order valence-corrected chi connectivity index (χ4v) is 1.83. The zero-order chi connectivity index (χ0) is 13.4. The molecule has 3 nitrogen and oxygen atoms in total. The van der Waals surface area contributed by atoms with Crippen molar-refractivity contribution in [3.05, 3.63) is 34.9 Å². The molecule has 1 aromatic rings. The minimum absolute atomic E-state index is 0.0324. The number of terminal acetylenes is 1. The van der Waals surface area contributed by atoms with Crippen molar-refractivity contribution >= 4 is 17.5 Å². The van der Waals surface area contributed by atoms with Gasteiger partial charge in [-0.25, -0.2) is 0 Å². The summed E-state index contributed by atoms with van der Waals surface area (Å²) in [6.45, 7) is 2.58. The predicted molar refractivity (Wildman–Crippen MR) is 74.5 cm³/mol. The number of benzene rings is 1. The van der Waals surface area contributed by atoms with Crippen LogP contribution < -0.4 is 10.6 Å². The summed E-state index contributed by atoms with van der Waals surface area (Å²) in [5.41, 5.74) is 1.03. The molecular weight excluding hydrogens is 248 g/mol. The zero-order valence-corrected chi connectivity index (χ0v) is 11.1. The monoisotopic (exact) mass is 264 g/mol. The standard InChI is InChI=1S/C14H17ClN2O/c1-3-8-16-10-14(18)17-11(2)9-12-6-4-5-7-13(12)15/h1,4-7,11,16H,8-10H2,2H3,(H,17,18). The minimum Gasteiger partial charge on any atom is -0.352 e. The molecule has 1 amide bonds. The second-order valence-corrected chi connectivity index (χ2v) is 4.48. The zero-order valence-electron chi connectivity index (χ0n) is 10.4. The van der Waals surface area contributed by atoms with Gasteiger partial charge in [0.15, 0.2) is 0 Å². The summed E-state index contributed by atoms with van der Waals surface area (Å²) in [6, 6.07) is 7.66. The van der Waals surface area contributed by atoms with Crippen molar-refractivity contribution in [1.82, 2.24) is 10.6 Å². The smallest absolute Gasteiger partial charge is 0.234 e. The molecule has 0 aliphatic rings. The fraction of sp³-hybridized carbons (Fsp3) is 0.357. The molecule has 96 valence electrons. The van der Waals surface area contributed by atoms with E-state index in [4.69, 9.17) is 18.0 Å². The number of nitrogens with one attached hydrogen (secondary N) is 2. The highest BCUT2D eigenvalue weighted by Crippen LogP contribution is 2.16. The van der Waals surface area contributed by atoms with Gasteiger partial charge in [-0.15, -0.1) is 6.42 Å². The molecule has 0 radical (unpaired) electrons. The maximum absolute atomic E-state index is 11.5. The first-order chi connectivity index (χ1) is 8.63. The number of carbonyl (C=O) groups is 1. The van der Waals surface area contributed by atoms with Crippen LogP contribution in [0, 0.1) is 12.3 Å². The first kappa shape index (κ1) is 14.6. The van der Waals surface area contributed by atoms with E-state index in [1.165, 1.54) is 0 Å². The van der Waals surface area contributed by atoms with Crippen LogP contribution in [0.25, 0.3) is 0 Å². The van der Waals surface area contributed by atoms with Crippen molar-refractivity contribution in [2.75, 3.05) is 13.1 Å². The van der Waals surface area contributed by atoms with Crippen LogP contribution in [-0.2, 0) is 11.2 Å². The number of carbonyl (C=O) groups excluding carboxylic acids is 1. The molecule has 1 unspecified atom stereocenters. The maximum atomic E-state index is 11.5. The summed E-state index contributed by atoms with van der Waals surface area (Å²) >= 11 is 6.06. The van der Waals surface area contributed by atoms with E-state index in [1.807, 2.05) is 31.2 Å². The highest BCUT2D eigenvalue weighted by Gasteiger charge is 2.09. The molecule has 0 spiro atoms. The van der Waals surface area contributed by atoms with Gasteiger partial charge in [0.25, 0.3) is 0 Å². The lowest BCUT2D eigenvalue weighted by Crippen LogP contribution is -2.40. The Hall–Kier alpha value is -1.50. The van der Waals surface area contributed by atoms with Crippen LogP contribution in [0.3, 0.4) is 0 Å². The molecule has 0 bridgehead atoms. The van der Waals surface area contributed by atoms with E-state index in [0.29, 0.717) is 13.0 Å². The Morgan fingerprint density at radius 3 is 2.89 bits per heavy atom. The van der Waals surface area contributed by atoms with Crippen LogP contribution >= 0.6 is 11.6 Å². The van der Waals surface area contributed by atoms with Gasteiger partial charge < -0.3 is 5.32 Å². The van der Waals surface area contributed by atoms with Crippen LogP contribution in [0.2, 0.25) is 5.02 Å². The maximum Gasteiger partial charge on any atom is 0.234 e. The molecule has 0 saturated heterocycles. The Labute approximate surface area is 113 Å². The van der Waals surface area contributed by atoms with Crippen molar-refractivity contribution < 1.29 is 4.79 Å². The number of hydrogen-bond donors (Lipinski definition) is 2. The van der Waals surface area contributed by atoms with Gasteiger partial charge in [0.05, 0.1) is 13.1 Å². The van der Waals surface area contributed by atoms with Gasteiger partial charge in [0.2, 0.25) is 5.91 Å². The Kier molecular flexibility index (Phi) is 6.27. The normalized spacial score (nSPS) is 11.6. The van der Waals surface area contributed by atoms with Crippen LogP contribution in [0.5, 0.6) is 0 Å². The van der Waals surface area contributed by atoms with Gasteiger partial charge in [-0.2, -0.15) is 0 Å². The highest BCUT2D eigenvalue weighted by molar-refractivity contribution is 6.31. The Morgan fingerprint density at radius 1 is 1.50 bits per heavy atom. The molecule has 0 aromatic heterocycles. The molecule has 1 rings (SSSR count).